The van der Waals surface area contributed by atoms with Crippen LogP contribution in [0.2, 0.25) is 0 Å². The molecule has 10 nitrogen and oxygen atoms in total. The summed E-state index contributed by atoms with van der Waals surface area (Å²) in [6.07, 6.45) is 1.99. The summed E-state index contributed by atoms with van der Waals surface area (Å²) < 4.78 is 17.4. The normalized spacial score (nSPS) is 23.8. The van der Waals surface area contributed by atoms with Crippen molar-refractivity contribution in [3.05, 3.63) is 23.8 Å². The average Bonchev–Trinajstić information content (AvgIpc) is 2.91. The first-order valence-corrected chi connectivity index (χ1v) is 13.2. The molecule has 206 valence electrons. The lowest BCUT2D eigenvalue weighted by molar-refractivity contribution is -0.142. The molecule has 1 aromatic rings. The molecule has 10 heteroatoms. The molecule has 0 radical (unpaired) electrons. The fourth-order valence-electron chi connectivity index (χ4n) is 4.75. The van der Waals surface area contributed by atoms with Gasteiger partial charge in [0.05, 0.1) is 17.7 Å². The number of methoxy groups -OCH3 is 1. The van der Waals surface area contributed by atoms with E-state index in [1.807, 2.05) is 25.7 Å². The standard InChI is InChI=1S/C27H42N4O6/c1-6-11-28-27(34)29-21-7-8-22-23(14-21)37-17-19(3)31(25(32)20-9-12-36-13-10-20)15-18(2)24(35-5)16-30(4)26(22)33/h7-8,14,18-20,24H,6,9-13,15-17H2,1-5H3,(H2,28,29,34)/t18-,19-,24+/m1/s1. The lowest BCUT2D eigenvalue weighted by Crippen LogP contribution is -2.50. The van der Waals surface area contributed by atoms with Gasteiger partial charge in [0, 0.05) is 70.6 Å². The Bertz CT molecular complexity index is 935. The molecule has 2 aliphatic heterocycles. The second kappa shape index (κ2) is 13.6. The number of hydrogen-bond acceptors (Lipinski definition) is 6. The number of anilines is 1. The van der Waals surface area contributed by atoms with Crippen molar-refractivity contribution in [3.8, 4) is 5.75 Å². The minimum atomic E-state index is -0.322. The predicted octanol–water partition coefficient (Wildman–Crippen LogP) is 2.98. The fraction of sp³-hybridized carbons (Fsp3) is 0.667. The summed E-state index contributed by atoms with van der Waals surface area (Å²) >= 11 is 0. The summed E-state index contributed by atoms with van der Waals surface area (Å²) in [5.74, 6) is 0.184. The molecule has 3 atom stereocenters. The van der Waals surface area contributed by atoms with E-state index >= 15 is 0 Å². The van der Waals surface area contributed by atoms with E-state index in [1.54, 1.807) is 37.3 Å². The second-order valence-corrected chi connectivity index (χ2v) is 10.1. The van der Waals surface area contributed by atoms with Crippen molar-refractivity contribution >= 4 is 23.5 Å². The molecule has 1 saturated heterocycles. The molecule has 1 fully saturated rings. The van der Waals surface area contributed by atoms with Gasteiger partial charge in [-0.05, 0) is 38.3 Å². The number of carbonyl (C=O) groups is 3. The van der Waals surface area contributed by atoms with Crippen molar-refractivity contribution in [2.75, 3.05) is 58.9 Å². The Kier molecular flexibility index (Phi) is 10.6. The van der Waals surface area contributed by atoms with E-state index in [0.717, 1.165) is 6.42 Å². The van der Waals surface area contributed by atoms with Gasteiger partial charge in [-0.2, -0.15) is 0 Å². The van der Waals surface area contributed by atoms with Crippen LogP contribution in [-0.2, 0) is 14.3 Å². The fourth-order valence-corrected chi connectivity index (χ4v) is 4.75. The van der Waals surface area contributed by atoms with Crippen molar-refractivity contribution < 1.29 is 28.6 Å². The van der Waals surface area contributed by atoms with Crippen LogP contribution in [0.1, 0.15) is 50.4 Å². The third-order valence-corrected chi connectivity index (χ3v) is 7.09. The molecule has 0 saturated carbocycles. The number of benzene rings is 1. The van der Waals surface area contributed by atoms with E-state index in [1.165, 1.54) is 0 Å². The monoisotopic (exact) mass is 518 g/mol. The van der Waals surface area contributed by atoms with E-state index in [0.29, 0.717) is 62.7 Å². The molecule has 0 unspecified atom stereocenters. The van der Waals surface area contributed by atoms with Crippen molar-refractivity contribution in [1.82, 2.24) is 15.1 Å². The largest absolute Gasteiger partial charge is 0.491 e. The lowest BCUT2D eigenvalue weighted by atomic mass is 9.95. The Morgan fingerprint density at radius 2 is 1.89 bits per heavy atom. The van der Waals surface area contributed by atoms with Crippen LogP contribution in [0.3, 0.4) is 0 Å². The number of rotatable bonds is 5. The van der Waals surface area contributed by atoms with Gasteiger partial charge in [0.2, 0.25) is 5.91 Å². The number of urea groups is 1. The number of carbonyl (C=O) groups excluding carboxylic acids is 3. The zero-order chi connectivity index (χ0) is 26.9. The first-order chi connectivity index (χ1) is 17.7. The molecule has 1 aromatic carbocycles. The van der Waals surface area contributed by atoms with Crippen LogP contribution >= 0.6 is 0 Å². The molecule has 2 aliphatic rings. The Labute approximate surface area is 220 Å². The first-order valence-electron chi connectivity index (χ1n) is 13.2. The number of likely N-dealkylation sites (N-methyl/N-ethyl adjacent to an activating group) is 1. The van der Waals surface area contributed by atoms with Crippen molar-refractivity contribution in [3.63, 3.8) is 0 Å². The van der Waals surface area contributed by atoms with Crippen LogP contribution in [0.25, 0.3) is 0 Å². The number of amides is 4. The molecule has 2 N–H and O–H groups in total. The van der Waals surface area contributed by atoms with Gasteiger partial charge in [0.15, 0.2) is 0 Å². The van der Waals surface area contributed by atoms with Gasteiger partial charge in [-0.15, -0.1) is 0 Å². The number of hydrogen-bond donors (Lipinski definition) is 2. The highest BCUT2D eigenvalue weighted by Crippen LogP contribution is 2.28. The summed E-state index contributed by atoms with van der Waals surface area (Å²) in [6.45, 7) is 8.79. The number of ether oxygens (including phenoxy) is 3. The Balaban J connectivity index is 1.90. The Hall–Kier alpha value is -2.85. The molecular weight excluding hydrogens is 476 g/mol. The van der Waals surface area contributed by atoms with Crippen molar-refractivity contribution in [2.45, 2.75) is 52.2 Å². The maximum atomic E-state index is 13.6. The van der Waals surface area contributed by atoms with Gasteiger partial charge < -0.3 is 34.6 Å². The highest BCUT2D eigenvalue weighted by molar-refractivity contribution is 5.98. The molecule has 0 bridgehead atoms. The van der Waals surface area contributed by atoms with Gasteiger partial charge in [-0.3, -0.25) is 9.59 Å². The molecule has 0 spiro atoms. The van der Waals surface area contributed by atoms with Crippen LogP contribution in [0.15, 0.2) is 18.2 Å². The van der Waals surface area contributed by atoms with Crippen LogP contribution in [0, 0.1) is 11.8 Å². The van der Waals surface area contributed by atoms with Crippen molar-refractivity contribution in [1.29, 1.82) is 0 Å². The van der Waals surface area contributed by atoms with Crippen LogP contribution in [0.5, 0.6) is 5.75 Å². The first kappa shape index (κ1) is 28.7. The predicted molar refractivity (Wildman–Crippen MR) is 141 cm³/mol. The van der Waals surface area contributed by atoms with Crippen LogP contribution < -0.4 is 15.4 Å². The van der Waals surface area contributed by atoms with E-state index in [4.69, 9.17) is 14.2 Å². The van der Waals surface area contributed by atoms with Crippen LogP contribution in [0.4, 0.5) is 10.5 Å². The summed E-state index contributed by atoms with van der Waals surface area (Å²) in [4.78, 5) is 42.7. The third kappa shape index (κ3) is 7.58. The number of nitrogens with zero attached hydrogens (tertiary/aromatic N) is 2. The quantitative estimate of drug-likeness (QED) is 0.620. The van der Waals surface area contributed by atoms with Crippen molar-refractivity contribution in [2.24, 2.45) is 11.8 Å². The topological polar surface area (TPSA) is 109 Å². The molecule has 0 aromatic heterocycles. The summed E-state index contributed by atoms with van der Waals surface area (Å²) in [5.41, 5.74) is 0.903. The highest BCUT2D eigenvalue weighted by Gasteiger charge is 2.33. The van der Waals surface area contributed by atoms with Gasteiger partial charge in [0.1, 0.15) is 12.4 Å². The highest BCUT2D eigenvalue weighted by atomic mass is 16.5. The van der Waals surface area contributed by atoms with E-state index in [-0.39, 0.29) is 48.4 Å². The number of fused-ring (bicyclic) bond motifs is 1. The smallest absolute Gasteiger partial charge is 0.319 e. The maximum absolute atomic E-state index is 13.6. The molecule has 0 aliphatic carbocycles. The molecule has 3 rings (SSSR count). The van der Waals surface area contributed by atoms with Gasteiger partial charge in [0.25, 0.3) is 5.91 Å². The number of nitrogens with one attached hydrogen (secondary N) is 2. The molecule has 4 amide bonds. The summed E-state index contributed by atoms with van der Waals surface area (Å²) in [7, 11) is 3.37. The zero-order valence-corrected chi connectivity index (χ0v) is 22.7. The van der Waals surface area contributed by atoms with E-state index < -0.39 is 0 Å². The lowest BCUT2D eigenvalue weighted by Gasteiger charge is -2.38. The summed E-state index contributed by atoms with van der Waals surface area (Å²) in [6, 6.07) is 4.45. The average molecular weight is 519 g/mol. The molecule has 37 heavy (non-hydrogen) atoms. The van der Waals surface area contributed by atoms with E-state index in [2.05, 4.69) is 10.6 Å². The minimum absolute atomic E-state index is 0.00130. The minimum Gasteiger partial charge on any atom is -0.491 e. The Morgan fingerprint density at radius 1 is 1.16 bits per heavy atom. The molecule has 2 heterocycles. The SMILES string of the molecule is CCCNC(=O)Nc1ccc2c(c1)OC[C@@H](C)N(C(=O)C1CCOCC1)C[C@@H](C)[C@@H](OC)CN(C)C2=O. The van der Waals surface area contributed by atoms with E-state index in [9.17, 15) is 14.4 Å². The van der Waals surface area contributed by atoms with Gasteiger partial charge in [-0.25, -0.2) is 4.79 Å². The van der Waals surface area contributed by atoms with Gasteiger partial charge in [-0.1, -0.05) is 13.8 Å². The Morgan fingerprint density at radius 3 is 2.57 bits per heavy atom. The maximum Gasteiger partial charge on any atom is 0.319 e. The summed E-state index contributed by atoms with van der Waals surface area (Å²) in [5, 5.41) is 5.56. The molecular formula is C27H42N4O6. The van der Waals surface area contributed by atoms with Gasteiger partial charge >= 0.3 is 6.03 Å². The second-order valence-electron chi connectivity index (χ2n) is 10.1. The third-order valence-electron chi connectivity index (χ3n) is 7.09. The zero-order valence-electron chi connectivity index (χ0n) is 22.7. The van der Waals surface area contributed by atoms with Crippen LogP contribution in [-0.4, -0.2) is 93.4 Å².